The molecule has 0 radical (unpaired) electrons. The number of hydrogen-bond acceptors (Lipinski definition) is 3. The maximum Gasteiger partial charge on any atom is 0.407 e. The summed E-state index contributed by atoms with van der Waals surface area (Å²) in [6.45, 7) is 7.17. The van der Waals surface area contributed by atoms with Crippen LogP contribution in [0.4, 0.5) is 4.79 Å². The van der Waals surface area contributed by atoms with Gasteiger partial charge >= 0.3 is 6.09 Å². The zero-order valence-electron chi connectivity index (χ0n) is 12.0. The van der Waals surface area contributed by atoms with E-state index in [9.17, 15) is 9.90 Å². The van der Waals surface area contributed by atoms with Gasteiger partial charge in [0.25, 0.3) is 0 Å². The first kappa shape index (κ1) is 15.5. The highest BCUT2D eigenvalue weighted by atomic mass is 16.6. The molecule has 4 nitrogen and oxygen atoms in total. The van der Waals surface area contributed by atoms with E-state index in [0.717, 1.165) is 5.56 Å². The number of aliphatic hydroxyl groups excluding tert-OH is 1. The molecule has 0 saturated heterocycles. The lowest BCUT2D eigenvalue weighted by atomic mass is 10.0. The summed E-state index contributed by atoms with van der Waals surface area (Å²) in [5, 5.41) is 12.7. The van der Waals surface area contributed by atoms with Gasteiger partial charge in [0.2, 0.25) is 0 Å². The minimum atomic E-state index is -0.644. The number of benzene rings is 1. The van der Waals surface area contributed by atoms with Crippen molar-refractivity contribution in [3.8, 4) is 0 Å². The SMILES string of the molecule is C[C@H](NC(=O)OC(C)(C)C)[C@@H](O)Cc1ccccc1. The van der Waals surface area contributed by atoms with E-state index in [0.29, 0.717) is 6.42 Å². The van der Waals surface area contributed by atoms with Gasteiger partial charge in [-0.2, -0.15) is 0 Å². The van der Waals surface area contributed by atoms with Crippen molar-refractivity contribution in [3.05, 3.63) is 35.9 Å². The predicted molar refractivity (Wildman–Crippen MR) is 75.0 cm³/mol. The Morgan fingerprint density at radius 1 is 1.32 bits per heavy atom. The lowest BCUT2D eigenvalue weighted by Crippen LogP contribution is -2.44. The first-order chi connectivity index (χ1) is 8.78. The van der Waals surface area contributed by atoms with Gasteiger partial charge in [0.15, 0.2) is 0 Å². The van der Waals surface area contributed by atoms with E-state index >= 15 is 0 Å². The molecule has 0 saturated carbocycles. The molecule has 0 aliphatic heterocycles. The number of carbonyl (C=O) groups is 1. The van der Waals surface area contributed by atoms with Gasteiger partial charge in [0, 0.05) is 6.42 Å². The Morgan fingerprint density at radius 2 is 1.89 bits per heavy atom. The van der Waals surface area contributed by atoms with Crippen LogP contribution in [0.2, 0.25) is 0 Å². The number of carbonyl (C=O) groups excluding carboxylic acids is 1. The molecule has 0 bridgehead atoms. The summed E-state index contributed by atoms with van der Waals surface area (Å²) in [5.74, 6) is 0. The van der Waals surface area contributed by atoms with E-state index in [-0.39, 0.29) is 6.04 Å². The second-order valence-corrected chi connectivity index (χ2v) is 5.69. The molecule has 2 N–H and O–H groups in total. The highest BCUT2D eigenvalue weighted by Crippen LogP contribution is 2.09. The number of hydrogen-bond donors (Lipinski definition) is 2. The normalized spacial score (nSPS) is 14.6. The average Bonchev–Trinajstić information content (AvgIpc) is 2.27. The molecule has 1 amide bonds. The molecule has 2 atom stereocenters. The maximum atomic E-state index is 11.6. The van der Waals surface area contributed by atoms with Crippen LogP contribution in [-0.2, 0) is 11.2 Å². The van der Waals surface area contributed by atoms with Crippen molar-refractivity contribution in [2.24, 2.45) is 0 Å². The van der Waals surface area contributed by atoms with Crippen molar-refractivity contribution < 1.29 is 14.6 Å². The quantitative estimate of drug-likeness (QED) is 0.879. The molecule has 0 fully saturated rings. The number of ether oxygens (including phenoxy) is 1. The van der Waals surface area contributed by atoms with Crippen LogP contribution in [0.3, 0.4) is 0 Å². The Morgan fingerprint density at radius 3 is 2.42 bits per heavy atom. The van der Waals surface area contributed by atoms with E-state index in [1.54, 1.807) is 27.7 Å². The Balaban J connectivity index is 2.45. The van der Waals surface area contributed by atoms with Crippen LogP contribution < -0.4 is 5.32 Å². The zero-order valence-corrected chi connectivity index (χ0v) is 12.0. The van der Waals surface area contributed by atoms with Crippen molar-refractivity contribution in [1.82, 2.24) is 5.32 Å². The summed E-state index contributed by atoms with van der Waals surface area (Å²) in [6.07, 6.45) is -0.653. The molecular weight excluding hydrogens is 242 g/mol. The maximum absolute atomic E-state index is 11.6. The second kappa shape index (κ2) is 6.57. The van der Waals surface area contributed by atoms with Gasteiger partial charge in [-0.05, 0) is 33.3 Å². The van der Waals surface area contributed by atoms with Crippen molar-refractivity contribution in [3.63, 3.8) is 0 Å². The monoisotopic (exact) mass is 265 g/mol. The molecule has 0 aromatic heterocycles. The third kappa shape index (κ3) is 6.25. The molecule has 0 heterocycles. The van der Waals surface area contributed by atoms with E-state index in [4.69, 9.17) is 4.74 Å². The summed E-state index contributed by atoms with van der Waals surface area (Å²) < 4.78 is 5.15. The third-order valence-electron chi connectivity index (χ3n) is 2.61. The summed E-state index contributed by atoms with van der Waals surface area (Å²) in [6, 6.07) is 9.31. The fraction of sp³-hybridized carbons (Fsp3) is 0.533. The Kier molecular flexibility index (Phi) is 5.36. The Bertz CT molecular complexity index is 398. The molecule has 19 heavy (non-hydrogen) atoms. The standard InChI is InChI=1S/C15H23NO3/c1-11(16-14(18)19-15(2,3)4)13(17)10-12-8-6-5-7-9-12/h5-9,11,13,17H,10H2,1-4H3,(H,16,18)/t11-,13-/m0/s1. The predicted octanol–water partition coefficient (Wildman–Crippen LogP) is 2.50. The van der Waals surface area contributed by atoms with Crippen molar-refractivity contribution in [2.75, 3.05) is 0 Å². The smallest absolute Gasteiger partial charge is 0.407 e. The highest BCUT2D eigenvalue weighted by Gasteiger charge is 2.21. The molecule has 0 aliphatic rings. The Labute approximate surface area is 114 Å². The third-order valence-corrected chi connectivity index (χ3v) is 2.61. The molecule has 0 unspecified atom stereocenters. The molecule has 0 aliphatic carbocycles. The summed E-state index contributed by atoms with van der Waals surface area (Å²) >= 11 is 0. The van der Waals surface area contributed by atoms with Gasteiger partial charge in [0.05, 0.1) is 12.1 Å². The molecule has 106 valence electrons. The minimum Gasteiger partial charge on any atom is -0.444 e. The molecule has 4 heteroatoms. The first-order valence-electron chi connectivity index (χ1n) is 6.49. The molecule has 1 aromatic rings. The highest BCUT2D eigenvalue weighted by molar-refractivity contribution is 5.68. The zero-order chi connectivity index (χ0) is 14.5. The number of rotatable bonds is 4. The van der Waals surface area contributed by atoms with Gasteiger partial charge in [-0.1, -0.05) is 30.3 Å². The van der Waals surface area contributed by atoms with Crippen molar-refractivity contribution in [1.29, 1.82) is 0 Å². The van der Waals surface area contributed by atoms with Crippen molar-refractivity contribution >= 4 is 6.09 Å². The van der Waals surface area contributed by atoms with Crippen LogP contribution in [0.15, 0.2) is 30.3 Å². The second-order valence-electron chi connectivity index (χ2n) is 5.69. The molecular formula is C15H23NO3. The van der Waals surface area contributed by atoms with Crippen LogP contribution in [-0.4, -0.2) is 28.9 Å². The van der Waals surface area contributed by atoms with E-state index in [1.165, 1.54) is 0 Å². The van der Waals surface area contributed by atoms with Crippen LogP contribution >= 0.6 is 0 Å². The lowest BCUT2D eigenvalue weighted by molar-refractivity contribution is 0.0436. The molecule has 0 spiro atoms. The fourth-order valence-corrected chi connectivity index (χ4v) is 1.62. The van der Waals surface area contributed by atoms with Gasteiger partial charge in [-0.15, -0.1) is 0 Å². The average molecular weight is 265 g/mol. The first-order valence-corrected chi connectivity index (χ1v) is 6.49. The minimum absolute atomic E-state index is 0.366. The van der Waals surface area contributed by atoms with Gasteiger partial charge in [-0.3, -0.25) is 0 Å². The lowest BCUT2D eigenvalue weighted by Gasteiger charge is -2.24. The largest absolute Gasteiger partial charge is 0.444 e. The van der Waals surface area contributed by atoms with Crippen LogP contribution in [0.1, 0.15) is 33.3 Å². The summed E-state index contributed by atoms with van der Waals surface area (Å²) in [7, 11) is 0. The van der Waals surface area contributed by atoms with Gasteiger partial charge in [-0.25, -0.2) is 4.79 Å². The van der Waals surface area contributed by atoms with Gasteiger partial charge in [0.1, 0.15) is 5.60 Å². The number of amides is 1. The number of aliphatic hydroxyl groups is 1. The topological polar surface area (TPSA) is 58.6 Å². The van der Waals surface area contributed by atoms with Crippen LogP contribution in [0.5, 0.6) is 0 Å². The molecule has 1 aromatic carbocycles. The van der Waals surface area contributed by atoms with Crippen LogP contribution in [0, 0.1) is 0 Å². The molecule has 1 rings (SSSR count). The Hall–Kier alpha value is -1.55. The summed E-state index contributed by atoms with van der Waals surface area (Å²) in [4.78, 5) is 11.6. The van der Waals surface area contributed by atoms with Crippen molar-refractivity contribution in [2.45, 2.75) is 51.9 Å². The van der Waals surface area contributed by atoms with E-state index in [2.05, 4.69) is 5.32 Å². The summed E-state index contributed by atoms with van der Waals surface area (Å²) in [5.41, 5.74) is 0.501. The van der Waals surface area contributed by atoms with E-state index in [1.807, 2.05) is 30.3 Å². The van der Waals surface area contributed by atoms with Crippen LogP contribution in [0.25, 0.3) is 0 Å². The number of alkyl carbamates (subject to hydrolysis) is 1. The fourth-order valence-electron chi connectivity index (χ4n) is 1.62. The van der Waals surface area contributed by atoms with Gasteiger partial charge < -0.3 is 15.2 Å². The van der Waals surface area contributed by atoms with E-state index < -0.39 is 17.8 Å². The number of nitrogens with one attached hydrogen (secondary N) is 1.